The van der Waals surface area contributed by atoms with Gasteiger partial charge in [-0.15, -0.1) is 0 Å². The minimum absolute atomic E-state index is 0.206. The second kappa shape index (κ2) is 7.65. The average Bonchev–Trinajstić information content (AvgIpc) is 2.44. The van der Waals surface area contributed by atoms with Crippen LogP contribution < -0.4 is 5.32 Å². The first-order valence-electron chi connectivity index (χ1n) is 7.92. The molecule has 20 heavy (non-hydrogen) atoms. The summed E-state index contributed by atoms with van der Waals surface area (Å²) in [7, 11) is 0. The highest BCUT2D eigenvalue weighted by atomic mass is 16.3. The predicted octanol–water partition coefficient (Wildman–Crippen LogP) is 3.23. The van der Waals surface area contributed by atoms with E-state index in [9.17, 15) is 5.11 Å². The van der Waals surface area contributed by atoms with Crippen molar-refractivity contribution >= 4 is 0 Å². The maximum Gasteiger partial charge on any atom is 0.120 e. The Morgan fingerprint density at radius 1 is 1.25 bits per heavy atom. The summed E-state index contributed by atoms with van der Waals surface area (Å²) in [5.74, 6) is 0.404. The first kappa shape index (κ1) is 15.3. The summed E-state index contributed by atoms with van der Waals surface area (Å²) in [6.07, 6.45) is 5.30. The van der Waals surface area contributed by atoms with Gasteiger partial charge in [-0.1, -0.05) is 18.6 Å². The van der Waals surface area contributed by atoms with E-state index in [4.69, 9.17) is 0 Å². The minimum atomic E-state index is 0.206. The van der Waals surface area contributed by atoms with Crippen molar-refractivity contribution in [3.63, 3.8) is 0 Å². The number of hydrogen-bond donors (Lipinski definition) is 2. The monoisotopic (exact) mass is 276 g/mol. The zero-order chi connectivity index (χ0) is 14.4. The lowest BCUT2D eigenvalue weighted by molar-refractivity contribution is 0.225. The third kappa shape index (κ3) is 4.50. The quantitative estimate of drug-likeness (QED) is 0.783. The first-order chi connectivity index (χ1) is 9.66. The van der Waals surface area contributed by atoms with E-state index < -0.39 is 0 Å². The molecule has 3 heteroatoms. The maximum atomic E-state index is 9.97. The zero-order valence-corrected chi connectivity index (χ0v) is 12.9. The molecule has 1 saturated heterocycles. The van der Waals surface area contributed by atoms with Crippen molar-refractivity contribution < 1.29 is 5.11 Å². The number of aromatic hydroxyl groups is 1. The Balaban J connectivity index is 1.70. The van der Waals surface area contributed by atoms with E-state index in [0.29, 0.717) is 5.75 Å². The third-order valence-corrected chi connectivity index (χ3v) is 4.20. The van der Waals surface area contributed by atoms with E-state index in [1.54, 1.807) is 0 Å². The van der Waals surface area contributed by atoms with Crippen LogP contribution in [0.2, 0.25) is 0 Å². The number of phenols is 1. The summed E-state index contributed by atoms with van der Waals surface area (Å²) in [6, 6.07) is 6.12. The molecular weight excluding hydrogens is 248 g/mol. The highest BCUT2D eigenvalue weighted by molar-refractivity contribution is 5.37. The van der Waals surface area contributed by atoms with Gasteiger partial charge in [-0.25, -0.2) is 0 Å². The normalized spacial score (nSPS) is 18.1. The molecule has 1 fully saturated rings. The molecule has 2 N–H and O–H groups in total. The van der Waals surface area contributed by atoms with Gasteiger partial charge in [0.05, 0.1) is 0 Å². The molecule has 1 atom stereocenters. The summed E-state index contributed by atoms with van der Waals surface area (Å²) >= 11 is 0. The Morgan fingerprint density at radius 2 is 2.00 bits per heavy atom. The van der Waals surface area contributed by atoms with Gasteiger partial charge in [0.25, 0.3) is 0 Å². The molecule has 1 aliphatic rings. The molecule has 2 rings (SSSR count). The molecule has 112 valence electrons. The van der Waals surface area contributed by atoms with Crippen molar-refractivity contribution in [2.45, 2.75) is 45.6 Å². The van der Waals surface area contributed by atoms with E-state index >= 15 is 0 Å². The van der Waals surface area contributed by atoms with E-state index in [1.807, 2.05) is 19.1 Å². The molecular formula is C17H28N2O. The summed E-state index contributed by atoms with van der Waals surface area (Å²) in [5.41, 5.74) is 2.09. The van der Waals surface area contributed by atoms with Gasteiger partial charge in [-0.05, 0) is 70.9 Å². The maximum absolute atomic E-state index is 9.97. The van der Waals surface area contributed by atoms with Gasteiger partial charge in [0.1, 0.15) is 5.75 Å². The summed E-state index contributed by atoms with van der Waals surface area (Å²) in [4.78, 5) is 2.57. The van der Waals surface area contributed by atoms with Crippen molar-refractivity contribution in [1.29, 1.82) is 0 Å². The number of benzene rings is 1. The molecule has 0 radical (unpaired) electrons. The SMILES string of the molecule is Cc1ccc(C(C)NCCCN2CCCCC2)c(O)c1. The molecule has 0 aromatic heterocycles. The van der Waals surface area contributed by atoms with Crippen molar-refractivity contribution in [2.24, 2.45) is 0 Å². The van der Waals surface area contributed by atoms with Gasteiger partial charge >= 0.3 is 0 Å². The minimum Gasteiger partial charge on any atom is -0.508 e. The number of piperidine rings is 1. The molecule has 1 unspecified atom stereocenters. The van der Waals surface area contributed by atoms with E-state index in [2.05, 4.69) is 23.2 Å². The first-order valence-corrected chi connectivity index (χ1v) is 7.92. The summed E-state index contributed by atoms with van der Waals surface area (Å²) in [6.45, 7) is 8.86. The molecule has 1 aromatic rings. The van der Waals surface area contributed by atoms with E-state index in [1.165, 1.54) is 45.3 Å². The molecule has 3 nitrogen and oxygen atoms in total. The Hall–Kier alpha value is -1.06. The van der Waals surface area contributed by atoms with Gasteiger partial charge in [-0.2, -0.15) is 0 Å². The van der Waals surface area contributed by atoms with E-state index in [0.717, 1.165) is 17.7 Å². The number of hydrogen-bond acceptors (Lipinski definition) is 3. The number of aryl methyl sites for hydroxylation is 1. The fraction of sp³-hybridized carbons (Fsp3) is 0.647. The van der Waals surface area contributed by atoms with Crippen molar-refractivity contribution in [3.05, 3.63) is 29.3 Å². The van der Waals surface area contributed by atoms with Crippen molar-refractivity contribution in [3.8, 4) is 5.75 Å². The van der Waals surface area contributed by atoms with Crippen LogP contribution in [0.15, 0.2) is 18.2 Å². The lowest BCUT2D eigenvalue weighted by atomic mass is 10.0. The lowest BCUT2D eigenvalue weighted by Gasteiger charge is -2.26. The lowest BCUT2D eigenvalue weighted by Crippen LogP contribution is -2.32. The Kier molecular flexibility index (Phi) is 5.86. The second-order valence-electron chi connectivity index (χ2n) is 5.99. The fourth-order valence-electron chi connectivity index (χ4n) is 2.93. The molecule has 0 aliphatic carbocycles. The van der Waals surface area contributed by atoms with Crippen LogP contribution in [-0.2, 0) is 0 Å². The van der Waals surface area contributed by atoms with Gasteiger partial charge in [0.15, 0.2) is 0 Å². The predicted molar refractivity (Wildman–Crippen MR) is 84.2 cm³/mol. The van der Waals surface area contributed by atoms with Crippen LogP contribution >= 0.6 is 0 Å². The van der Waals surface area contributed by atoms with E-state index in [-0.39, 0.29) is 6.04 Å². The van der Waals surface area contributed by atoms with Crippen LogP contribution in [0.1, 0.15) is 49.8 Å². The Morgan fingerprint density at radius 3 is 2.70 bits per heavy atom. The van der Waals surface area contributed by atoms with Gasteiger partial charge in [0.2, 0.25) is 0 Å². The largest absolute Gasteiger partial charge is 0.508 e. The van der Waals surface area contributed by atoms with Crippen LogP contribution in [0, 0.1) is 6.92 Å². The molecule has 1 heterocycles. The third-order valence-electron chi connectivity index (χ3n) is 4.20. The number of nitrogens with zero attached hydrogens (tertiary/aromatic N) is 1. The molecule has 1 aromatic carbocycles. The molecule has 1 aliphatic heterocycles. The molecule has 0 bridgehead atoms. The fourth-order valence-corrected chi connectivity index (χ4v) is 2.93. The molecule has 0 saturated carbocycles. The summed E-state index contributed by atoms with van der Waals surface area (Å²) < 4.78 is 0. The van der Waals surface area contributed by atoms with Gasteiger partial charge < -0.3 is 15.3 Å². The molecule has 0 spiro atoms. The average molecular weight is 276 g/mol. The molecule has 0 amide bonds. The van der Waals surface area contributed by atoms with Crippen molar-refractivity contribution in [2.75, 3.05) is 26.2 Å². The number of nitrogens with one attached hydrogen (secondary N) is 1. The standard InChI is InChI=1S/C17H28N2O/c1-14-7-8-16(17(20)13-14)15(2)18-9-6-12-19-10-4-3-5-11-19/h7-8,13,15,18,20H,3-6,9-12H2,1-2H3. The van der Waals surface area contributed by atoms with Crippen LogP contribution in [0.3, 0.4) is 0 Å². The van der Waals surface area contributed by atoms with Crippen LogP contribution in [0.5, 0.6) is 5.75 Å². The number of likely N-dealkylation sites (tertiary alicyclic amines) is 1. The van der Waals surface area contributed by atoms with Crippen LogP contribution in [0.4, 0.5) is 0 Å². The van der Waals surface area contributed by atoms with Crippen molar-refractivity contribution in [1.82, 2.24) is 10.2 Å². The Bertz CT molecular complexity index is 413. The highest BCUT2D eigenvalue weighted by Crippen LogP contribution is 2.24. The van der Waals surface area contributed by atoms with Crippen LogP contribution in [-0.4, -0.2) is 36.2 Å². The number of phenolic OH excluding ortho intramolecular Hbond substituents is 1. The summed E-state index contributed by atoms with van der Waals surface area (Å²) in [5, 5.41) is 13.5. The van der Waals surface area contributed by atoms with Crippen LogP contribution in [0.25, 0.3) is 0 Å². The number of rotatable bonds is 6. The Labute approximate surface area is 123 Å². The smallest absolute Gasteiger partial charge is 0.120 e. The second-order valence-corrected chi connectivity index (χ2v) is 5.99. The van der Waals surface area contributed by atoms with Gasteiger partial charge in [0, 0.05) is 11.6 Å². The van der Waals surface area contributed by atoms with Gasteiger partial charge in [-0.3, -0.25) is 0 Å². The highest BCUT2D eigenvalue weighted by Gasteiger charge is 2.11. The topological polar surface area (TPSA) is 35.5 Å². The zero-order valence-electron chi connectivity index (χ0n) is 12.9.